The Kier molecular flexibility index (Phi) is 1.95. The van der Waals surface area contributed by atoms with Gasteiger partial charge in [-0.3, -0.25) is 4.79 Å². The van der Waals surface area contributed by atoms with Crippen molar-refractivity contribution in [1.82, 2.24) is 4.90 Å². The topological polar surface area (TPSA) is 20.3 Å². The number of amides is 1. The van der Waals surface area contributed by atoms with Gasteiger partial charge in [-0.2, -0.15) is 0 Å². The Balaban J connectivity index is 2.68. The SMILES string of the molecule is C[C@@H]1CC(=O)N(C(C)(C)C)C1. The van der Waals surface area contributed by atoms with E-state index in [1.54, 1.807) is 0 Å². The number of hydrogen-bond acceptors (Lipinski definition) is 1. The molecule has 64 valence electrons. The van der Waals surface area contributed by atoms with Crippen LogP contribution in [0.3, 0.4) is 0 Å². The molecule has 0 aliphatic carbocycles. The highest BCUT2D eigenvalue weighted by molar-refractivity contribution is 5.79. The average Bonchev–Trinajstić information content (AvgIpc) is 2.08. The van der Waals surface area contributed by atoms with Gasteiger partial charge in [0.25, 0.3) is 0 Å². The van der Waals surface area contributed by atoms with Gasteiger partial charge in [-0.1, -0.05) is 6.92 Å². The molecule has 1 heterocycles. The Morgan fingerprint density at radius 2 is 2.00 bits per heavy atom. The van der Waals surface area contributed by atoms with Crippen molar-refractivity contribution in [2.24, 2.45) is 5.92 Å². The lowest BCUT2D eigenvalue weighted by Gasteiger charge is -2.31. The van der Waals surface area contributed by atoms with E-state index in [-0.39, 0.29) is 5.54 Å². The van der Waals surface area contributed by atoms with Crippen LogP contribution in [0.1, 0.15) is 34.1 Å². The fourth-order valence-electron chi connectivity index (χ4n) is 1.53. The molecule has 1 aliphatic heterocycles. The largest absolute Gasteiger partial charge is 0.338 e. The van der Waals surface area contributed by atoms with Crippen LogP contribution >= 0.6 is 0 Å². The first-order valence-corrected chi connectivity index (χ1v) is 4.21. The molecule has 1 saturated heterocycles. The summed E-state index contributed by atoms with van der Waals surface area (Å²) < 4.78 is 0. The van der Waals surface area contributed by atoms with Gasteiger partial charge in [-0.25, -0.2) is 0 Å². The van der Waals surface area contributed by atoms with E-state index >= 15 is 0 Å². The number of nitrogens with zero attached hydrogens (tertiary/aromatic N) is 1. The molecule has 2 heteroatoms. The molecule has 0 spiro atoms. The van der Waals surface area contributed by atoms with Crippen LogP contribution < -0.4 is 0 Å². The molecule has 1 aliphatic rings. The quantitative estimate of drug-likeness (QED) is 0.521. The third-order valence-electron chi connectivity index (χ3n) is 2.13. The summed E-state index contributed by atoms with van der Waals surface area (Å²) in [6.07, 6.45) is 0.733. The monoisotopic (exact) mass is 155 g/mol. The molecule has 0 unspecified atom stereocenters. The summed E-state index contributed by atoms with van der Waals surface area (Å²) in [5.74, 6) is 0.853. The van der Waals surface area contributed by atoms with Crippen molar-refractivity contribution >= 4 is 5.91 Å². The van der Waals surface area contributed by atoms with Gasteiger partial charge in [0.2, 0.25) is 5.91 Å². The van der Waals surface area contributed by atoms with Gasteiger partial charge in [-0.15, -0.1) is 0 Å². The predicted octanol–water partition coefficient (Wildman–Crippen LogP) is 1.65. The molecule has 0 radical (unpaired) electrons. The summed E-state index contributed by atoms with van der Waals surface area (Å²) in [5.41, 5.74) is 0.0157. The highest BCUT2D eigenvalue weighted by atomic mass is 16.2. The van der Waals surface area contributed by atoms with E-state index in [1.807, 2.05) is 4.90 Å². The first-order valence-electron chi connectivity index (χ1n) is 4.21. The first-order chi connectivity index (χ1) is 4.91. The summed E-state index contributed by atoms with van der Waals surface area (Å²) in [5, 5.41) is 0. The summed E-state index contributed by atoms with van der Waals surface area (Å²) in [4.78, 5) is 13.3. The molecular formula is C9H17NO. The molecule has 1 amide bonds. The Bertz CT molecular complexity index is 169. The minimum atomic E-state index is 0.0157. The third kappa shape index (κ3) is 1.73. The number of carbonyl (C=O) groups excluding carboxylic acids is 1. The second-order valence-corrected chi connectivity index (χ2v) is 4.48. The molecule has 0 saturated carbocycles. The molecule has 0 aromatic rings. The van der Waals surface area contributed by atoms with Crippen molar-refractivity contribution < 1.29 is 4.79 Å². The van der Waals surface area contributed by atoms with E-state index < -0.39 is 0 Å². The fourth-order valence-corrected chi connectivity index (χ4v) is 1.53. The van der Waals surface area contributed by atoms with Crippen molar-refractivity contribution in [3.63, 3.8) is 0 Å². The Morgan fingerprint density at radius 1 is 1.45 bits per heavy atom. The lowest BCUT2D eigenvalue weighted by molar-refractivity contribution is -0.131. The average molecular weight is 155 g/mol. The van der Waals surface area contributed by atoms with Crippen molar-refractivity contribution in [2.75, 3.05) is 6.54 Å². The smallest absolute Gasteiger partial charge is 0.223 e. The molecule has 1 rings (SSSR count). The molecule has 1 atom stereocenters. The molecule has 0 bridgehead atoms. The highest BCUT2D eigenvalue weighted by Gasteiger charge is 2.33. The fraction of sp³-hybridized carbons (Fsp3) is 0.889. The van der Waals surface area contributed by atoms with Crippen LogP contribution in [0.5, 0.6) is 0 Å². The molecule has 11 heavy (non-hydrogen) atoms. The molecular weight excluding hydrogens is 138 g/mol. The maximum Gasteiger partial charge on any atom is 0.223 e. The minimum absolute atomic E-state index is 0.0157. The Labute approximate surface area is 68.6 Å². The van der Waals surface area contributed by atoms with Crippen molar-refractivity contribution in [3.8, 4) is 0 Å². The van der Waals surface area contributed by atoms with E-state index in [2.05, 4.69) is 27.7 Å². The standard InChI is InChI=1S/C9H17NO/c1-7-5-8(11)10(6-7)9(2,3)4/h7H,5-6H2,1-4H3/t7-/m1/s1. The van der Waals surface area contributed by atoms with Crippen LogP contribution in [0.2, 0.25) is 0 Å². The van der Waals surface area contributed by atoms with Crippen LogP contribution in [0.15, 0.2) is 0 Å². The lowest BCUT2D eigenvalue weighted by Crippen LogP contribution is -2.42. The second kappa shape index (κ2) is 2.50. The van der Waals surface area contributed by atoms with Crippen LogP contribution in [0, 0.1) is 5.92 Å². The minimum Gasteiger partial charge on any atom is -0.338 e. The van der Waals surface area contributed by atoms with Crippen molar-refractivity contribution in [2.45, 2.75) is 39.7 Å². The number of rotatable bonds is 0. The Morgan fingerprint density at radius 3 is 2.18 bits per heavy atom. The van der Waals surface area contributed by atoms with Gasteiger partial charge >= 0.3 is 0 Å². The molecule has 0 aromatic heterocycles. The number of hydrogen-bond donors (Lipinski definition) is 0. The van der Waals surface area contributed by atoms with Crippen LogP contribution in [0.25, 0.3) is 0 Å². The van der Waals surface area contributed by atoms with Crippen molar-refractivity contribution in [1.29, 1.82) is 0 Å². The van der Waals surface area contributed by atoms with Gasteiger partial charge in [0.1, 0.15) is 0 Å². The van der Waals surface area contributed by atoms with Gasteiger partial charge in [0, 0.05) is 18.5 Å². The summed E-state index contributed by atoms with van der Waals surface area (Å²) in [7, 11) is 0. The zero-order valence-electron chi connectivity index (χ0n) is 7.85. The molecule has 2 nitrogen and oxygen atoms in total. The lowest BCUT2D eigenvalue weighted by atomic mass is 10.1. The molecule has 0 aromatic carbocycles. The normalized spacial score (nSPS) is 26.4. The number of likely N-dealkylation sites (tertiary alicyclic amines) is 1. The second-order valence-electron chi connectivity index (χ2n) is 4.48. The van der Waals surface area contributed by atoms with Crippen molar-refractivity contribution in [3.05, 3.63) is 0 Å². The predicted molar refractivity (Wildman–Crippen MR) is 45.2 cm³/mol. The van der Waals surface area contributed by atoms with Gasteiger partial charge in [0.15, 0.2) is 0 Å². The van der Waals surface area contributed by atoms with E-state index in [0.717, 1.165) is 13.0 Å². The summed E-state index contributed by atoms with van der Waals surface area (Å²) >= 11 is 0. The van der Waals surface area contributed by atoms with E-state index in [0.29, 0.717) is 11.8 Å². The summed E-state index contributed by atoms with van der Waals surface area (Å²) in [6, 6.07) is 0. The maximum absolute atomic E-state index is 11.4. The van der Waals surface area contributed by atoms with E-state index in [4.69, 9.17) is 0 Å². The van der Waals surface area contributed by atoms with Gasteiger partial charge in [-0.05, 0) is 26.7 Å². The van der Waals surface area contributed by atoms with Crippen LogP contribution in [0.4, 0.5) is 0 Å². The zero-order chi connectivity index (χ0) is 8.65. The first kappa shape index (κ1) is 8.57. The third-order valence-corrected chi connectivity index (χ3v) is 2.13. The number of carbonyl (C=O) groups is 1. The van der Waals surface area contributed by atoms with Gasteiger partial charge < -0.3 is 4.90 Å². The highest BCUT2D eigenvalue weighted by Crippen LogP contribution is 2.24. The zero-order valence-corrected chi connectivity index (χ0v) is 7.85. The van der Waals surface area contributed by atoms with Gasteiger partial charge in [0.05, 0.1) is 0 Å². The maximum atomic E-state index is 11.4. The molecule has 0 N–H and O–H groups in total. The Hall–Kier alpha value is -0.530. The summed E-state index contributed by atoms with van der Waals surface area (Å²) in [6.45, 7) is 9.32. The van der Waals surface area contributed by atoms with Crippen LogP contribution in [-0.2, 0) is 4.79 Å². The van der Waals surface area contributed by atoms with E-state index in [9.17, 15) is 4.79 Å². The van der Waals surface area contributed by atoms with Crippen LogP contribution in [-0.4, -0.2) is 22.9 Å². The molecule has 1 fully saturated rings. The van der Waals surface area contributed by atoms with E-state index in [1.165, 1.54) is 0 Å².